The van der Waals surface area contributed by atoms with Crippen molar-refractivity contribution in [2.24, 2.45) is 0 Å². The molecular weight excluding hydrogens is 365 g/mol. The molecule has 2 amide bonds. The molecule has 0 spiro atoms. The van der Waals surface area contributed by atoms with E-state index in [1.54, 1.807) is 17.0 Å². The standard InChI is InChI=1S/C17H22ClN3O3.ClH/c18-14-3-1-13(2-4-14)11-16(22)20-6-8-21(9-7-20)17(23)15-12-19-5-10-24-15;/h1-4,15,19H,5-12H2;1H. The fraction of sp³-hybridized carbons (Fsp3) is 0.529. The van der Waals surface area contributed by atoms with Crippen molar-refractivity contribution in [3.8, 4) is 0 Å². The van der Waals surface area contributed by atoms with Crippen LogP contribution < -0.4 is 5.32 Å². The molecule has 3 rings (SSSR count). The van der Waals surface area contributed by atoms with E-state index in [1.165, 1.54) is 0 Å². The summed E-state index contributed by atoms with van der Waals surface area (Å²) in [4.78, 5) is 28.4. The van der Waals surface area contributed by atoms with Crippen molar-refractivity contribution in [3.05, 3.63) is 34.9 Å². The van der Waals surface area contributed by atoms with E-state index in [2.05, 4.69) is 5.32 Å². The molecule has 1 aromatic carbocycles. The van der Waals surface area contributed by atoms with Crippen molar-refractivity contribution in [1.29, 1.82) is 0 Å². The molecule has 0 aromatic heterocycles. The van der Waals surface area contributed by atoms with Gasteiger partial charge >= 0.3 is 0 Å². The SMILES string of the molecule is Cl.O=C(Cc1ccc(Cl)cc1)N1CCN(C(=O)C2CNCCO2)CC1. The van der Waals surface area contributed by atoms with Crippen LogP contribution in [0.25, 0.3) is 0 Å². The quantitative estimate of drug-likeness (QED) is 0.838. The van der Waals surface area contributed by atoms with E-state index >= 15 is 0 Å². The van der Waals surface area contributed by atoms with Gasteiger partial charge in [-0.2, -0.15) is 0 Å². The van der Waals surface area contributed by atoms with Gasteiger partial charge in [-0.3, -0.25) is 9.59 Å². The van der Waals surface area contributed by atoms with Gasteiger partial charge in [-0.15, -0.1) is 12.4 Å². The molecule has 2 fully saturated rings. The Labute approximate surface area is 158 Å². The maximum absolute atomic E-state index is 12.4. The lowest BCUT2D eigenvalue weighted by molar-refractivity contribution is -0.149. The Balaban J connectivity index is 0.00000225. The lowest BCUT2D eigenvalue weighted by Gasteiger charge is -2.37. The number of ether oxygens (including phenoxy) is 1. The summed E-state index contributed by atoms with van der Waals surface area (Å²) in [6, 6.07) is 7.32. The summed E-state index contributed by atoms with van der Waals surface area (Å²) in [5, 5.41) is 3.83. The lowest BCUT2D eigenvalue weighted by Crippen LogP contribution is -2.56. The third-order valence-electron chi connectivity index (χ3n) is 4.42. The zero-order valence-corrected chi connectivity index (χ0v) is 15.5. The number of carbonyl (C=O) groups is 2. The Kier molecular flexibility index (Phi) is 7.50. The second-order valence-corrected chi connectivity index (χ2v) is 6.51. The molecule has 8 heteroatoms. The minimum Gasteiger partial charge on any atom is -0.366 e. The van der Waals surface area contributed by atoms with Crippen molar-refractivity contribution in [2.75, 3.05) is 45.9 Å². The van der Waals surface area contributed by atoms with Gasteiger partial charge in [0.15, 0.2) is 0 Å². The summed E-state index contributed by atoms with van der Waals surface area (Å²) in [6.45, 7) is 4.17. The monoisotopic (exact) mass is 387 g/mol. The number of benzene rings is 1. The van der Waals surface area contributed by atoms with Crippen molar-refractivity contribution < 1.29 is 14.3 Å². The number of halogens is 2. The Bertz CT molecular complexity index is 583. The van der Waals surface area contributed by atoms with E-state index in [-0.39, 0.29) is 24.2 Å². The van der Waals surface area contributed by atoms with Crippen LogP contribution in [0.3, 0.4) is 0 Å². The number of piperazine rings is 1. The number of nitrogens with one attached hydrogen (secondary N) is 1. The van der Waals surface area contributed by atoms with Gasteiger partial charge in [0.2, 0.25) is 5.91 Å². The summed E-state index contributed by atoms with van der Waals surface area (Å²) in [6.07, 6.45) is -0.0316. The van der Waals surface area contributed by atoms with Gasteiger partial charge in [0.05, 0.1) is 13.0 Å². The van der Waals surface area contributed by atoms with E-state index in [9.17, 15) is 9.59 Å². The van der Waals surface area contributed by atoms with Gasteiger partial charge in [0, 0.05) is 44.3 Å². The molecule has 0 radical (unpaired) electrons. The average Bonchev–Trinajstić information content (AvgIpc) is 2.64. The van der Waals surface area contributed by atoms with E-state index in [0.29, 0.717) is 50.8 Å². The van der Waals surface area contributed by atoms with Crippen molar-refractivity contribution in [1.82, 2.24) is 15.1 Å². The molecule has 1 N–H and O–H groups in total. The number of carbonyl (C=O) groups excluding carboxylic acids is 2. The fourth-order valence-corrected chi connectivity index (χ4v) is 3.12. The molecule has 0 bridgehead atoms. The summed E-state index contributed by atoms with van der Waals surface area (Å²) in [7, 11) is 0. The summed E-state index contributed by atoms with van der Waals surface area (Å²) in [5.41, 5.74) is 0.949. The summed E-state index contributed by atoms with van der Waals surface area (Å²) >= 11 is 5.86. The van der Waals surface area contributed by atoms with Gasteiger partial charge in [-0.05, 0) is 17.7 Å². The van der Waals surface area contributed by atoms with Gasteiger partial charge in [0.1, 0.15) is 6.10 Å². The molecule has 6 nitrogen and oxygen atoms in total. The molecule has 2 aliphatic rings. The number of morpholine rings is 1. The third-order valence-corrected chi connectivity index (χ3v) is 4.67. The predicted octanol–water partition coefficient (Wildman–Crippen LogP) is 0.963. The topological polar surface area (TPSA) is 61.9 Å². The second kappa shape index (κ2) is 9.38. The minimum atomic E-state index is -0.393. The van der Waals surface area contributed by atoms with Crippen LogP contribution in [0.4, 0.5) is 0 Å². The molecule has 1 aromatic rings. The first-order valence-electron chi connectivity index (χ1n) is 8.27. The number of amides is 2. The normalized spacial score (nSPS) is 20.8. The molecule has 2 heterocycles. The second-order valence-electron chi connectivity index (χ2n) is 6.07. The number of hydrogen-bond donors (Lipinski definition) is 1. The van der Waals surface area contributed by atoms with E-state index in [4.69, 9.17) is 16.3 Å². The molecule has 0 aliphatic carbocycles. The molecule has 138 valence electrons. The van der Waals surface area contributed by atoms with Crippen molar-refractivity contribution in [3.63, 3.8) is 0 Å². The first-order valence-corrected chi connectivity index (χ1v) is 8.64. The van der Waals surface area contributed by atoms with Crippen LogP contribution in [0.2, 0.25) is 5.02 Å². The fourth-order valence-electron chi connectivity index (χ4n) is 2.99. The first-order chi connectivity index (χ1) is 11.6. The van der Waals surface area contributed by atoms with E-state index in [0.717, 1.165) is 12.1 Å². The lowest BCUT2D eigenvalue weighted by atomic mass is 10.1. The van der Waals surface area contributed by atoms with Crippen LogP contribution in [0.15, 0.2) is 24.3 Å². The van der Waals surface area contributed by atoms with Gasteiger partial charge < -0.3 is 19.9 Å². The van der Waals surface area contributed by atoms with Crippen molar-refractivity contribution in [2.45, 2.75) is 12.5 Å². The Morgan fingerprint density at radius 2 is 1.76 bits per heavy atom. The van der Waals surface area contributed by atoms with E-state index < -0.39 is 6.10 Å². The molecule has 0 saturated carbocycles. The maximum atomic E-state index is 12.4. The average molecular weight is 388 g/mol. The summed E-state index contributed by atoms with van der Waals surface area (Å²) in [5.74, 6) is 0.104. The van der Waals surface area contributed by atoms with Crippen molar-refractivity contribution >= 4 is 35.8 Å². The molecular formula is C17H23Cl2N3O3. The van der Waals surface area contributed by atoms with Crippen LogP contribution in [0.5, 0.6) is 0 Å². The minimum absolute atomic E-state index is 0. The molecule has 1 atom stereocenters. The Morgan fingerprint density at radius 3 is 2.36 bits per heavy atom. The predicted molar refractivity (Wildman–Crippen MR) is 98.2 cm³/mol. The summed E-state index contributed by atoms with van der Waals surface area (Å²) < 4.78 is 5.51. The number of hydrogen-bond acceptors (Lipinski definition) is 4. The zero-order valence-electron chi connectivity index (χ0n) is 13.9. The van der Waals surface area contributed by atoms with Gasteiger partial charge in [-0.25, -0.2) is 0 Å². The van der Waals surface area contributed by atoms with Crippen LogP contribution in [0, 0.1) is 0 Å². The number of rotatable bonds is 3. The third kappa shape index (κ3) is 5.31. The maximum Gasteiger partial charge on any atom is 0.253 e. The van der Waals surface area contributed by atoms with Crippen LogP contribution in [-0.2, 0) is 20.7 Å². The highest BCUT2D eigenvalue weighted by atomic mass is 35.5. The van der Waals surface area contributed by atoms with Crippen LogP contribution in [-0.4, -0.2) is 73.6 Å². The van der Waals surface area contributed by atoms with Gasteiger partial charge in [-0.1, -0.05) is 23.7 Å². The van der Waals surface area contributed by atoms with E-state index in [1.807, 2.05) is 17.0 Å². The molecule has 1 unspecified atom stereocenters. The highest BCUT2D eigenvalue weighted by Gasteiger charge is 2.30. The largest absolute Gasteiger partial charge is 0.366 e. The zero-order chi connectivity index (χ0) is 16.9. The highest BCUT2D eigenvalue weighted by molar-refractivity contribution is 6.30. The molecule has 25 heavy (non-hydrogen) atoms. The smallest absolute Gasteiger partial charge is 0.253 e. The van der Waals surface area contributed by atoms with Crippen LogP contribution in [0.1, 0.15) is 5.56 Å². The number of nitrogens with zero attached hydrogens (tertiary/aromatic N) is 2. The van der Waals surface area contributed by atoms with Gasteiger partial charge in [0.25, 0.3) is 5.91 Å². The van der Waals surface area contributed by atoms with Crippen LogP contribution >= 0.6 is 24.0 Å². The Hall–Kier alpha value is -1.34. The molecule has 2 saturated heterocycles. The first kappa shape index (κ1) is 20.0. The molecule has 2 aliphatic heterocycles. The Morgan fingerprint density at radius 1 is 1.12 bits per heavy atom. The highest BCUT2D eigenvalue weighted by Crippen LogP contribution is 2.12.